The van der Waals surface area contributed by atoms with Gasteiger partial charge in [-0.15, -0.1) is 0 Å². The van der Waals surface area contributed by atoms with E-state index in [4.69, 9.17) is 4.74 Å². The molecule has 1 saturated carbocycles. The van der Waals surface area contributed by atoms with E-state index >= 15 is 0 Å². The third kappa shape index (κ3) is 3.86. The third-order valence-corrected chi connectivity index (χ3v) is 2.87. The number of benzene rings is 1. The molecule has 1 aliphatic rings. The number of ether oxygens (including phenoxy) is 1. The normalized spacial score (nSPS) is 16.5. The molecule has 1 fully saturated rings. The zero-order valence-corrected chi connectivity index (χ0v) is 10.2. The number of esters is 1. The van der Waals surface area contributed by atoms with Crippen LogP contribution in [0, 0.1) is 0 Å². The summed E-state index contributed by atoms with van der Waals surface area (Å²) in [5, 5.41) is 3.35. The Morgan fingerprint density at radius 2 is 2.12 bits per heavy atom. The quantitative estimate of drug-likeness (QED) is 0.763. The minimum Gasteiger partial charge on any atom is -0.465 e. The van der Waals surface area contributed by atoms with Crippen LogP contribution in [0.1, 0.15) is 25.3 Å². The molecular formula is C14H19NO2. The summed E-state index contributed by atoms with van der Waals surface area (Å²) in [6.07, 6.45) is 3.05. The van der Waals surface area contributed by atoms with Gasteiger partial charge in [-0.05, 0) is 31.7 Å². The first kappa shape index (κ1) is 12.1. The molecule has 0 unspecified atom stereocenters. The Balaban J connectivity index is 1.96. The molecule has 0 aromatic heterocycles. The van der Waals surface area contributed by atoms with E-state index in [0.29, 0.717) is 19.1 Å². The van der Waals surface area contributed by atoms with Crippen LogP contribution < -0.4 is 5.32 Å². The SMILES string of the molecule is CCOC(=O)[C@H](Cc1ccccc1)NC1CC1. The monoisotopic (exact) mass is 233 g/mol. The average molecular weight is 233 g/mol. The molecule has 0 radical (unpaired) electrons. The lowest BCUT2D eigenvalue weighted by Crippen LogP contribution is -2.41. The summed E-state index contributed by atoms with van der Waals surface area (Å²) in [6.45, 7) is 2.28. The van der Waals surface area contributed by atoms with E-state index in [9.17, 15) is 4.79 Å². The molecule has 92 valence electrons. The van der Waals surface area contributed by atoms with Gasteiger partial charge in [-0.3, -0.25) is 4.79 Å². The first-order chi connectivity index (χ1) is 8.29. The van der Waals surface area contributed by atoms with Crippen LogP contribution in [-0.4, -0.2) is 24.7 Å². The second-order valence-electron chi connectivity index (χ2n) is 4.44. The summed E-state index contributed by atoms with van der Waals surface area (Å²) in [5.74, 6) is -0.136. The summed E-state index contributed by atoms with van der Waals surface area (Å²) in [4.78, 5) is 11.8. The van der Waals surface area contributed by atoms with Crippen molar-refractivity contribution >= 4 is 5.97 Å². The Morgan fingerprint density at radius 3 is 2.71 bits per heavy atom. The molecule has 0 amide bonds. The van der Waals surface area contributed by atoms with Crippen LogP contribution in [0.3, 0.4) is 0 Å². The van der Waals surface area contributed by atoms with E-state index in [-0.39, 0.29) is 12.0 Å². The highest BCUT2D eigenvalue weighted by atomic mass is 16.5. The molecule has 1 aliphatic carbocycles. The molecular weight excluding hydrogens is 214 g/mol. The Morgan fingerprint density at radius 1 is 1.41 bits per heavy atom. The van der Waals surface area contributed by atoms with Crippen molar-refractivity contribution in [3.8, 4) is 0 Å². The van der Waals surface area contributed by atoms with Gasteiger partial charge in [0.1, 0.15) is 6.04 Å². The summed E-state index contributed by atoms with van der Waals surface area (Å²) < 4.78 is 5.10. The van der Waals surface area contributed by atoms with Gasteiger partial charge in [0.2, 0.25) is 0 Å². The van der Waals surface area contributed by atoms with Crippen molar-refractivity contribution in [3.63, 3.8) is 0 Å². The second kappa shape index (κ2) is 5.82. The molecule has 17 heavy (non-hydrogen) atoms. The van der Waals surface area contributed by atoms with E-state index in [1.165, 1.54) is 18.4 Å². The molecule has 0 bridgehead atoms. The predicted molar refractivity (Wildman–Crippen MR) is 66.7 cm³/mol. The lowest BCUT2D eigenvalue weighted by molar-refractivity contribution is -0.145. The molecule has 0 aliphatic heterocycles. The predicted octanol–water partition coefficient (Wildman–Crippen LogP) is 1.91. The minimum atomic E-state index is -0.204. The maximum atomic E-state index is 11.8. The van der Waals surface area contributed by atoms with Gasteiger partial charge in [-0.25, -0.2) is 0 Å². The molecule has 0 saturated heterocycles. The average Bonchev–Trinajstić information content (AvgIpc) is 3.14. The van der Waals surface area contributed by atoms with Crippen molar-refractivity contribution in [2.75, 3.05) is 6.61 Å². The molecule has 1 aromatic carbocycles. The third-order valence-electron chi connectivity index (χ3n) is 2.87. The van der Waals surface area contributed by atoms with Gasteiger partial charge >= 0.3 is 5.97 Å². The van der Waals surface area contributed by atoms with E-state index in [1.807, 2.05) is 37.3 Å². The van der Waals surface area contributed by atoms with Crippen LogP contribution in [0.25, 0.3) is 0 Å². The largest absolute Gasteiger partial charge is 0.465 e. The highest BCUT2D eigenvalue weighted by Crippen LogP contribution is 2.20. The Hall–Kier alpha value is -1.35. The van der Waals surface area contributed by atoms with Gasteiger partial charge in [0.05, 0.1) is 6.61 Å². The summed E-state index contributed by atoms with van der Waals surface area (Å²) in [5.41, 5.74) is 1.17. The van der Waals surface area contributed by atoms with Crippen LogP contribution in [0.4, 0.5) is 0 Å². The molecule has 3 heteroatoms. The van der Waals surface area contributed by atoms with Gasteiger partial charge < -0.3 is 10.1 Å². The highest BCUT2D eigenvalue weighted by molar-refractivity contribution is 5.76. The molecule has 0 spiro atoms. The smallest absolute Gasteiger partial charge is 0.323 e. The van der Waals surface area contributed by atoms with Crippen LogP contribution in [0.5, 0.6) is 0 Å². The zero-order chi connectivity index (χ0) is 12.1. The van der Waals surface area contributed by atoms with Crippen molar-refractivity contribution in [2.24, 2.45) is 0 Å². The van der Waals surface area contributed by atoms with Crippen molar-refractivity contribution in [2.45, 2.75) is 38.3 Å². The summed E-state index contributed by atoms with van der Waals surface area (Å²) in [7, 11) is 0. The standard InChI is InChI=1S/C14H19NO2/c1-2-17-14(16)13(15-12-8-9-12)10-11-6-4-3-5-7-11/h3-7,12-13,15H,2,8-10H2,1H3/t13-/m0/s1. The number of hydrogen-bond donors (Lipinski definition) is 1. The number of nitrogens with one attached hydrogen (secondary N) is 1. The van der Waals surface area contributed by atoms with Crippen LogP contribution >= 0.6 is 0 Å². The molecule has 3 nitrogen and oxygen atoms in total. The fraction of sp³-hybridized carbons (Fsp3) is 0.500. The van der Waals surface area contributed by atoms with Crippen molar-refractivity contribution in [1.82, 2.24) is 5.32 Å². The van der Waals surface area contributed by atoms with E-state index in [2.05, 4.69) is 5.32 Å². The van der Waals surface area contributed by atoms with Crippen LogP contribution in [0.15, 0.2) is 30.3 Å². The minimum absolute atomic E-state index is 0.136. The maximum absolute atomic E-state index is 11.8. The van der Waals surface area contributed by atoms with Gasteiger partial charge in [0, 0.05) is 6.04 Å². The van der Waals surface area contributed by atoms with E-state index in [1.54, 1.807) is 0 Å². The molecule has 0 heterocycles. The first-order valence-electron chi connectivity index (χ1n) is 6.26. The maximum Gasteiger partial charge on any atom is 0.323 e. The van der Waals surface area contributed by atoms with Crippen molar-refractivity contribution in [1.29, 1.82) is 0 Å². The summed E-state index contributed by atoms with van der Waals surface area (Å²) >= 11 is 0. The van der Waals surface area contributed by atoms with E-state index < -0.39 is 0 Å². The first-order valence-corrected chi connectivity index (χ1v) is 6.26. The highest BCUT2D eigenvalue weighted by Gasteiger charge is 2.29. The Labute approximate surface area is 102 Å². The Kier molecular flexibility index (Phi) is 4.15. The molecule has 1 atom stereocenters. The second-order valence-corrected chi connectivity index (χ2v) is 4.44. The molecule has 1 aromatic rings. The van der Waals surface area contributed by atoms with Crippen LogP contribution in [-0.2, 0) is 16.0 Å². The summed E-state index contributed by atoms with van der Waals surface area (Å²) in [6, 6.07) is 10.4. The fourth-order valence-corrected chi connectivity index (χ4v) is 1.84. The van der Waals surface area contributed by atoms with Gasteiger partial charge in [0.15, 0.2) is 0 Å². The number of carbonyl (C=O) groups excluding carboxylic acids is 1. The lowest BCUT2D eigenvalue weighted by Gasteiger charge is -2.16. The zero-order valence-electron chi connectivity index (χ0n) is 10.2. The lowest BCUT2D eigenvalue weighted by atomic mass is 10.1. The van der Waals surface area contributed by atoms with Gasteiger partial charge in [0.25, 0.3) is 0 Å². The van der Waals surface area contributed by atoms with Crippen molar-refractivity contribution in [3.05, 3.63) is 35.9 Å². The van der Waals surface area contributed by atoms with E-state index in [0.717, 1.165) is 0 Å². The number of carbonyl (C=O) groups is 1. The van der Waals surface area contributed by atoms with Gasteiger partial charge in [-0.2, -0.15) is 0 Å². The Bertz CT molecular complexity index is 360. The molecule has 1 N–H and O–H groups in total. The molecule has 2 rings (SSSR count). The topological polar surface area (TPSA) is 38.3 Å². The van der Waals surface area contributed by atoms with Crippen molar-refractivity contribution < 1.29 is 9.53 Å². The number of rotatable bonds is 6. The number of hydrogen-bond acceptors (Lipinski definition) is 3. The van der Waals surface area contributed by atoms with Crippen LogP contribution in [0.2, 0.25) is 0 Å². The van der Waals surface area contributed by atoms with Gasteiger partial charge in [-0.1, -0.05) is 30.3 Å². The fourth-order valence-electron chi connectivity index (χ4n) is 1.84.